The lowest BCUT2D eigenvalue weighted by Gasteiger charge is -2.34. The first-order valence-electron chi connectivity index (χ1n) is 6.84. The Hall–Kier alpha value is -1.61. The van der Waals surface area contributed by atoms with Gasteiger partial charge in [0.2, 0.25) is 5.91 Å². The van der Waals surface area contributed by atoms with Gasteiger partial charge in [0.15, 0.2) is 0 Å². The second-order valence-corrected chi connectivity index (χ2v) is 5.15. The molecule has 3 nitrogen and oxygen atoms in total. The van der Waals surface area contributed by atoms with Gasteiger partial charge in [-0.2, -0.15) is 0 Å². The van der Waals surface area contributed by atoms with Gasteiger partial charge in [-0.25, -0.2) is 0 Å². The van der Waals surface area contributed by atoms with Crippen LogP contribution < -0.4 is 5.32 Å². The van der Waals surface area contributed by atoms with Crippen LogP contribution in [0.4, 0.5) is 0 Å². The molecule has 0 saturated heterocycles. The fourth-order valence-corrected chi connectivity index (χ4v) is 2.65. The summed E-state index contributed by atoms with van der Waals surface area (Å²) in [7, 11) is 0. The van der Waals surface area contributed by atoms with Gasteiger partial charge in [0.1, 0.15) is 5.60 Å². The zero-order valence-corrected chi connectivity index (χ0v) is 11.2. The lowest BCUT2D eigenvalue weighted by atomic mass is 9.79. The van der Waals surface area contributed by atoms with Crippen molar-refractivity contribution in [3.05, 3.63) is 48.0 Å². The van der Waals surface area contributed by atoms with E-state index in [1.165, 1.54) is 5.56 Å². The highest BCUT2D eigenvalue weighted by Gasteiger charge is 2.34. The summed E-state index contributed by atoms with van der Waals surface area (Å²) in [4.78, 5) is 11.6. The molecule has 2 N–H and O–H groups in total. The molecule has 0 spiro atoms. The predicted octanol–water partition coefficient (Wildman–Crippen LogP) is 2.29. The molecule has 1 atom stereocenters. The van der Waals surface area contributed by atoms with Gasteiger partial charge in [-0.3, -0.25) is 4.79 Å². The molecule has 1 aliphatic rings. The van der Waals surface area contributed by atoms with Crippen molar-refractivity contribution in [1.82, 2.24) is 5.32 Å². The molecule has 102 valence electrons. The van der Waals surface area contributed by atoms with Gasteiger partial charge in [0, 0.05) is 6.42 Å². The maximum absolute atomic E-state index is 11.6. The van der Waals surface area contributed by atoms with Crippen LogP contribution in [0.25, 0.3) is 0 Å². The molecular weight excluding hydrogens is 238 g/mol. The lowest BCUT2D eigenvalue weighted by Crippen LogP contribution is -2.42. The summed E-state index contributed by atoms with van der Waals surface area (Å²) in [5.41, 5.74) is 1.24. The normalized spacial score (nSPS) is 21.5. The summed E-state index contributed by atoms with van der Waals surface area (Å²) in [5.74, 6) is -0.0311. The van der Waals surface area contributed by atoms with Crippen LogP contribution >= 0.6 is 0 Å². The third-order valence-electron chi connectivity index (χ3n) is 3.71. The lowest BCUT2D eigenvalue weighted by molar-refractivity contribution is -0.122. The summed E-state index contributed by atoms with van der Waals surface area (Å²) >= 11 is 0. The monoisotopic (exact) mass is 259 g/mol. The van der Waals surface area contributed by atoms with E-state index in [1.807, 2.05) is 18.2 Å². The van der Waals surface area contributed by atoms with Gasteiger partial charge in [0.25, 0.3) is 0 Å². The van der Waals surface area contributed by atoms with Crippen molar-refractivity contribution < 1.29 is 9.90 Å². The van der Waals surface area contributed by atoms with E-state index in [4.69, 9.17) is 0 Å². The van der Waals surface area contributed by atoms with Crippen molar-refractivity contribution in [3.63, 3.8) is 0 Å². The third kappa shape index (κ3) is 3.24. The van der Waals surface area contributed by atoms with Crippen LogP contribution in [0.3, 0.4) is 0 Å². The molecule has 19 heavy (non-hydrogen) atoms. The number of aryl methyl sites for hydroxylation is 1. The summed E-state index contributed by atoms with van der Waals surface area (Å²) in [6.07, 6.45) is 5.48. The van der Waals surface area contributed by atoms with E-state index in [2.05, 4.69) is 18.0 Å². The number of amides is 1. The number of fused-ring (bicyclic) bond motifs is 1. The number of benzene rings is 1. The highest BCUT2D eigenvalue weighted by atomic mass is 16.3. The van der Waals surface area contributed by atoms with Gasteiger partial charge in [-0.1, -0.05) is 30.3 Å². The summed E-state index contributed by atoms with van der Waals surface area (Å²) in [6, 6.07) is 7.95. The van der Waals surface area contributed by atoms with Gasteiger partial charge in [-0.05, 0) is 36.8 Å². The molecule has 0 fully saturated rings. The molecule has 3 heteroatoms. The van der Waals surface area contributed by atoms with E-state index in [1.54, 1.807) is 6.08 Å². The number of allylic oxidation sites excluding steroid dienone is 1. The summed E-state index contributed by atoms with van der Waals surface area (Å²) in [6.45, 7) is 3.89. The number of hydrogen-bond donors (Lipinski definition) is 2. The minimum atomic E-state index is -0.918. The number of carbonyl (C=O) groups excluding carboxylic acids is 1. The van der Waals surface area contributed by atoms with E-state index in [9.17, 15) is 9.90 Å². The van der Waals surface area contributed by atoms with E-state index in [0.29, 0.717) is 25.8 Å². The molecule has 0 bridgehead atoms. The molecule has 1 aromatic carbocycles. The fourth-order valence-electron chi connectivity index (χ4n) is 2.65. The highest BCUT2D eigenvalue weighted by molar-refractivity contribution is 5.76. The Morgan fingerprint density at radius 1 is 1.47 bits per heavy atom. The van der Waals surface area contributed by atoms with E-state index < -0.39 is 5.60 Å². The van der Waals surface area contributed by atoms with E-state index in [0.717, 1.165) is 18.4 Å². The molecule has 0 saturated carbocycles. The maximum Gasteiger partial charge on any atom is 0.220 e. The molecule has 1 amide bonds. The first kappa shape index (κ1) is 13.8. The van der Waals surface area contributed by atoms with Crippen molar-refractivity contribution in [3.8, 4) is 0 Å². The molecule has 0 aliphatic heterocycles. The smallest absolute Gasteiger partial charge is 0.220 e. The van der Waals surface area contributed by atoms with Crippen LogP contribution in [0.5, 0.6) is 0 Å². The molecule has 0 radical (unpaired) electrons. The van der Waals surface area contributed by atoms with Gasteiger partial charge < -0.3 is 10.4 Å². The fraction of sp³-hybridized carbons (Fsp3) is 0.438. The van der Waals surface area contributed by atoms with Crippen LogP contribution in [0.15, 0.2) is 36.9 Å². The largest absolute Gasteiger partial charge is 0.383 e. The minimum absolute atomic E-state index is 0.0311. The first-order chi connectivity index (χ1) is 9.15. The van der Waals surface area contributed by atoms with E-state index in [-0.39, 0.29) is 5.91 Å². The third-order valence-corrected chi connectivity index (χ3v) is 3.71. The van der Waals surface area contributed by atoms with Gasteiger partial charge >= 0.3 is 0 Å². The average Bonchev–Trinajstić information content (AvgIpc) is 2.44. The number of rotatable bonds is 5. The molecule has 1 aliphatic carbocycles. The van der Waals surface area contributed by atoms with E-state index >= 15 is 0 Å². The number of carbonyl (C=O) groups is 1. The van der Waals surface area contributed by atoms with Crippen LogP contribution in [0, 0.1) is 0 Å². The van der Waals surface area contributed by atoms with Crippen molar-refractivity contribution in [2.45, 2.75) is 37.7 Å². The van der Waals surface area contributed by atoms with Crippen LogP contribution in [-0.4, -0.2) is 17.6 Å². The quantitative estimate of drug-likeness (QED) is 0.797. The van der Waals surface area contributed by atoms with Crippen molar-refractivity contribution in [2.75, 3.05) is 6.54 Å². The van der Waals surface area contributed by atoms with Crippen molar-refractivity contribution >= 4 is 5.91 Å². The SMILES string of the molecule is C=CCCC(=O)NCC1(O)CCCc2ccccc21. The zero-order valence-electron chi connectivity index (χ0n) is 11.2. The Kier molecular flexibility index (Phi) is 4.38. The molecule has 1 aromatic rings. The zero-order chi connectivity index (χ0) is 13.7. The minimum Gasteiger partial charge on any atom is -0.383 e. The Balaban J connectivity index is 2.03. The van der Waals surface area contributed by atoms with Gasteiger partial charge in [0.05, 0.1) is 6.54 Å². The number of nitrogens with one attached hydrogen (secondary N) is 1. The van der Waals surface area contributed by atoms with Crippen LogP contribution in [0.2, 0.25) is 0 Å². The first-order valence-corrected chi connectivity index (χ1v) is 6.84. The molecule has 1 unspecified atom stereocenters. The molecular formula is C16H21NO2. The highest BCUT2D eigenvalue weighted by Crippen LogP contribution is 2.34. The molecule has 2 rings (SSSR count). The molecule has 0 aromatic heterocycles. The standard InChI is InChI=1S/C16H21NO2/c1-2-3-10-15(18)17-12-16(19)11-6-8-13-7-4-5-9-14(13)16/h2,4-5,7,9,19H,1,3,6,8,10-12H2,(H,17,18). The summed E-state index contributed by atoms with van der Waals surface area (Å²) in [5, 5.41) is 13.6. The Bertz CT molecular complexity index is 470. The average molecular weight is 259 g/mol. The summed E-state index contributed by atoms with van der Waals surface area (Å²) < 4.78 is 0. The Labute approximate surface area is 114 Å². The van der Waals surface area contributed by atoms with Crippen molar-refractivity contribution in [1.29, 1.82) is 0 Å². The second-order valence-electron chi connectivity index (χ2n) is 5.15. The number of aliphatic hydroxyl groups is 1. The Morgan fingerprint density at radius 3 is 3.05 bits per heavy atom. The topological polar surface area (TPSA) is 49.3 Å². The van der Waals surface area contributed by atoms with Crippen molar-refractivity contribution in [2.24, 2.45) is 0 Å². The Morgan fingerprint density at radius 2 is 2.26 bits per heavy atom. The molecule has 0 heterocycles. The van der Waals surface area contributed by atoms with Crippen LogP contribution in [-0.2, 0) is 16.8 Å². The maximum atomic E-state index is 11.6. The number of hydrogen-bond acceptors (Lipinski definition) is 2. The van der Waals surface area contributed by atoms with Gasteiger partial charge in [-0.15, -0.1) is 6.58 Å². The predicted molar refractivity (Wildman–Crippen MR) is 75.7 cm³/mol. The van der Waals surface area contributed by atoms with Crippen LogP contribution in [0.1, 0.15) is 36.8 Å². The second kappa shape index (κ2) is 6.02.